The Morgan fingerprint density at radius 3 is 2.46 bits per heavy atom. The first kappa shape index (κ1) is 15.0. The summed E-state index contributed by atoms with van der Waals surface area (Å²) in [7, 11) is 0. The van der Waals surface area contributed by atoms with Crippen LogP contribution >= 0.6 is 11.3 Å². The third-order valence-electron chi connectivity index (χ3n) is 3.91. The molecule has 0 aliphatic rings. The second kappa shape index (κ2) is 6.91. The van der Waals surface area contributed by atoms with Crippen molar-refractivity contribution >= 4 is 21.6 Å². The lowest BCUT2D eigenvalue weighted by Gasteiger charge is -2.18. The highest BCUT2D eigenvalue weighted by molar-refractivity contribution is 7.18. The summed E-state index contributed by atoms with van der Waals surface area (Å²) in [5.74, 6) is 0. The molecule has 2 aromatic carbocycles. The van der Waals surface area contributed by atoms with Gasteiger partial charge in [0.15, 0.2) is 0 Å². The summed E-state index contributed by atoms with van der Waals surface area (Å²) in [6, 6.07) is 24.8. The standard InChI is InChI=1S/C20H17N3S/c1-2-8-15(9-3-1)20(17-11-6-7-13-21-17)22-14-19-23-16-10-4-5-12-18(16)24-19/h1-13,20,22H,14H2/t20-/m0/s1. The van der Waals surface area contributed by atoms with Crippen molar-refractivity contribution < 1.29 is 0 Å². The number of hydrogen-bond donors (Lipinski definition) is 1. The van der Waals surface area contributed by atoms with Gasteiger partial charge in [0.2, 0.25) is 0 Å². The fourth-order valence-corrected chi connectivity index (χ4v) is 3.69. The van der Waals surface area contributed by atoms with E-state index < -0.39 is 0 Å². The molecule has 24 heavy (non-hydrogen) atoms. The number of benzene rings is 2. The molecule has 0 spiro atoms. The maximum absolute atomic E-state index is 4.71. The molecule has 118 valence electrons. The van der Waals surface area contributed by atoms with Crippen LogP contribution in [-0.2, 0) is 6.54 Å². The highest BCUT2D eigenvalue weighted by atomic mass is 32.1. The molecule has 0 amide bonds. The van der Waals surface area contributed by atoms with Gasteiger partial charge in [-0.25, -0.2) is 4.98 Å². The van der Waals surface area contributed by atoms with E-state index in [0.29, 0.717) is 0 Å². The largest absolute Gasteiger partial charge is 0.298 e. The average molecular weight is 331 g/mol. The van der Waals surface area contributed by atoms with Crippen molar-refractivity contribution in [2.24, 2.45) is 0 Å². The number of rotatable bonds is 5. The first-order valence-corrected chi connectivity index (χ1v) is 8.75. The van der Waals surface area contributed by atoms with E-state index in [-0.39, 0.29) is 6.04 Å². The molecule has 3 nitrogen and oxygen atoms in total. The summed E-state index contributed by atoms with van der Waals surface area (Å²) in [5.41, 5.74) is 3.29. The minimum Gasteiger partial charge on any atom is -0.298 e. The van der Waals surface area contributed by atoms with Gasteiger partial charge in [-0.3, -0.25) is 10.3 Å². The molecule has 4 heteroatoms. The molecule has 1 atom stereocenters. The number of pyridine rings is 1. The first-order chi connectivity index (χ1) is 11.9. The van der Waals surface area contributed by atoms with Gasteiger partial charge in [-0.05, 0) is 29.8 Å². The second-order valence-electron chi connectivity index (χ2n) is 5.55. The third-order valence-corrected chi connectivity index (χ3v) is 4.95. The monoisotopic (exact) mass is 331 g/mol. The summed E-state index contributed by atoms with van der Waals surface area (Å²) in [5, 5.41) is 4.71. The smallest absolute Gasteiger partial charge is 0.108 e. The topological polar surface area (TPSA) is 37.8 Å². The maximum Gasteiger partial charge on any atom is 0.108 e. The Bertz CT molecular complexity index is 847. The zero-order valence-corrected chi connectivity index (χ0v) is 13.9. The van der Waals surface area contributed by atoms with Crippen LogP contribution in [0, 0.1) is 0 Å². The van der Waals surface area contributed by atoms with Crippen molar-refractivity contribution in [2.45, 2.75) is 12.6 Å². The molecular formula is C20H17N3S. The summed E-state index contributed by atoms with van der Waals surface area (Å²) in [4.78, 5) is 9.24. The highest BCUT2D eigenvalue weighted by Crippen LogP contribution is 2.24. The first-order valence-electron chi connectivity index (χ1n) is 7.94. The number of para-hydroxylation sites is 1. The number of aromatic nitrogens is 2. The number of nitrogens with zero attached hydrogens (tertiary/aromatic N) is 2. The fraction of sp³-hybridized carbons (Fsp3) is 0.100. The van der Waals surface area contributed by atoms with E-state index in [1.54, 1.807) is 11.3 Å². The molecule has 4 aromatic rings. The van der Waals surface area contributed by atoms with Crippen LogP contribution in [-0.4, -0.2) is 9.97 Å². The number of hydrogen-bond acceptors (Lipinski definition) is 4. The fourth-order valence-electron chi connectivity index (χ4n) is 2.77. The maximum atomic E-state index is 4.71. The minimum atomic E-state index is 0.0550. The van der Waals surface area contributed by atoms with Gasteiger partial charge in [0.25, 0.3) is 0 Å². The van der Waals surface area contributed by atoms with Crippen LogP contribution < -0.4 is 5.32 Å². The predicted octanol–water partition coefficient (Wildman–Crippen LogP) is 4.57. The van der Waals surface area contributed by atoms with Crippen LogP contribution in [0.5, 0.6) is 0 Å². The van der Waals surface area contributed by atoms with Gasteiger partial charge in [-0.2, -0.15) is 0 Å². The molecule has 0 aliphatic carbocycles. The lowest BCUT2D eigenvalue weighted by molar-refractivity contribution is 0.591. The number of thiazole rings is 1. The number of nitrogens with one attached hydrogen (secondary N) is 1. The van der Waals surface area contributed by atoms with Crippen LogP contribution in [0.25, 0.3) is 10.2 Å². The Hall–Kier alpha value is -2.56. The number of fused-ring (bicyclic) bond motifs is 1. The third kappa shape index (κ3) is 3.20. The molecule has 0 bridgehead atoms. The zero-order chi connectivity index (χ0) is 16.2. The van der Waals surface area contributed by atoms with Crippen molar-refractivity contribution in [1.29, 1.82) is 0 Å². The van der Waals surface area contributed by atoms with E-state index in [4.69, 9.17) is 4.98 Å². The van der Waals surface area contributed by atoms with Crippen LogP contribution in [0.3, 0.4) is 0 Å². The Morgan fingerprint density at radius 1 is 0.875 bits per heavy atom. The van der Waals surface area contributed by atoms with Crippen LogP contribution in [0.15, 0.2) is 79.0 Å². The summed E-state index contributed by atoms with van der Waals surface area (Å²) < 4.78 is 1.23. The second-order valence-corrected chi connectivity index (χ2v) is 6.67. The lowest BCUT2D eigenvalue weighted by Crippen LogP contribution is -2.22. The van der Waals surface area contributed by atoms with Crippen molar-refractivity contribution in [1.82, 2.24) is 15.3 Å². The predicted molar refractivity (Wildman–Crippen MR) is 99.0 cm³/mol. The normalized spacial score (nSPS) is 12.3. The van der Waals surface area contributed by atoms with Gasteiger partial charge in [0.1, 0.15) is 5.01 Å². The van der Waals surface area contributed by atoms with E-state index in [1.165, 1.54) is 10.3 Å². The molecule has 0 aliphatic heterocycles. The lowest BCUT2D eigenvalue weighted by atomic mass is 10.0. The Kier molecular flexibility index (Phi) is 4.32. The molecule has 2 heterocycles. The van der Waals surface area contributed by atoms with E-state index in [0.717, 1.165) is 22.8 Å². The molecule has 2 aromatic heterocycles. The minimum absolute atomic E-state index is 0.0550. The molecule has 1 N–H and O–H groups in total. The Labute approximate surface area is 145 Å². The van der Waals surface area contributed by atoms with Crippen LogP contribution in [0.2, 0.25) is 0 Å². The van der Waals surface area contributed by atoms with Gasteiger partial charge in [0, 0.05) is 12.7 Å². The SMILES string of the molecule is c1ccc([C@H](NCc2nc3ccccc3s2)c2ccccn2)cc1. The van der Waals surface area contributed by atoms with Gasteiger partial charge in [0.05, 0.1) is 22.0 Å². The van der Waals surface area contributed by atoms with E-state index >= 15 is 0 Å². The van der Waals surface area contributed by atoms with Crippen molar-refractivity contribution in [3.05, 3.63) is 95.3 Å². The van der Waals surface area contributed by atoms with E-state index in [2.05, 4.69) is 58.8 Å². The molecule has 4 rings (SSSR count). The van der Waals surface area contributed by atoms with Crippen molar-refractivity contribution in [3.8, 4) is 0 Å². The summed E-state index contributed by atoms with van der Waals surface area (Å²) in [6.07, 6.45) is 1.84. The molecule has 0 fully saturated rings. The van der Waals surface area contributed by atoms with Gasteiger partial charge >= 0.3 is 0 Å². The highest BCUT2D eigenvalue weighted by Gasteiger charge is 2.15. The molecule has 0 saturated carbocycles. The summed E-state index contributed by atoms with van der Waals surface area (Å²) >= 11 is 1.74. The van der Waals surface area contributed by atoms with Crippen molar-refractivity contribution in [3.63, 3.8) is 0 Å². The quantitative estimate of drug-likeness (QED) is 0.582. The van der Waals surface area contributed by atoms with E-state index in [9.17, 15) is 0 Å². The van der Waals surface area contributed by atoms with E-state index in [1.807, 2.05) is 30.5 Å². The average Bonchev–Trinajstić information content (AvgIpc) is 3.07. The molecule has 0 saturated heterocycles. The van der Waals surface area contributed by atoms with Gasteiger partial charge in [-0.15, -0.1) is 11.3 Å². The van der Waals surface area contributed by atoms with Gasteiger partial charge in [-0.1, -0.05) is 48.5 Å². The van der Waals surface area contributed by atoms with Gasteiger partial charge < -0.3 is 0 Å². The molecular weight excluding hydrogens is 314 g/mol. The van der Waals surface area contributed by atoms with Crippen LogP contribution in [0.4, 0.5) is 0 Å². The molecule has 0 unspecified atom stereocenters. The van der Waals surface area contributed by atoms with Crippen molar-refractivity contribution in [2.75, 3.05) is 0 Å². The zero-order valence-electron chi connectivity index (χ0n) is 13.1. The Balaban J connectivity index is 1.60. The van der Waals surface area contributed by atoms with Crippen LogP contribution in [0.1, 0.15) is 22.3 Å². The molecule has 0 radical (unpaired) electrons. The summed E-state index contributed by atoms with van der Waals surface area (Å²) in [6.45, 7) is 0.718. The Morgan fingerprint density at radius 2 is 1.67 bits per heavy atom.